The van der Waals surface area contributed by atoms with Crippen LogP contribution in [0.25, 0.3) is 0 Å². The van der Waals surface area contributed by atoms with Gasteiger partial charge < -0.3 is 15.0 Å². The van der Waals surface area contributed by atoms with Gasteiger partial charge in [-0.1, -0.05) is 0 Å². The van der Waals surface area contributed by atoms with Crippen LogP contribution >= 0.6 is 12.4 Å². The molecule has 1 aromatic rings. The van der Waals surface area contributed by atoms with Crippen LogP contribution in [0, 0.1) is 0 Å². The molecule has 7 heteroatoms. The molecule has 2 aliphatic rings. The first-order valence-electron chi connectivity index (χ1n) is 7.77. The lowest BCUT2D eigenvalue weighted by Gasteiger charge is -2.43. The van der Waals surface area contributed by atoms with Crippen molar-refractivity contribution in [2.75, 3.05) is 26.2 Å². The molecule has 2 aliphatic heterocycles. The molecule has 3 heterocycles. The van der Waals surface area contributed by atoms with Gasteiger partial charge in [-0.05, 0) is 45.8 Å². The van der Waals surface area contributed by atoms with Crippen molar-refractivity contribution >= 4 is 18.3 Å². The molecule has 2 atom stereocenters. The fourth-order valence-corrected chi connectivity index (χ4v) is 3.54. The fraction of sp³-hybridized carbons (Fsp3) is 0.733. The predicted octanol–water partition coefficient (Wildman–Crippen LogP) is 1.02. The SMILES string of the molecule is CC1CN(C(=O)C2(n3cccn3)CCNCC2)CC(C)O1.Cl. The van der Waals surface area contributed by atoms with E-state index in [0.29, 0.717) is 13.1 Å². The summed E-state index contributed by atoms with van der Waals surface area (Å²) in [5, 5.41) is 7.72. The van der Waals surface area contributed by atoms with Gasteiger partial charge in [0, 0.05) is 25.5 Å². The number of piperidine rings is 1. The van der Waals surface area contributed by atoms with Crippen molar-refractivity contribution < 1.29 is 9.53 Å². The Hall–Kier alpha value is -1.11. The zero-order valence-corrected chi connectivity index (χ0v) is 14.0. The molecule has 2 fully saturated rings. The summed E-state index contributed by atoms with van der Waals surface area (Å²) in [6.07, 6.45) is 5.42. The highest BCUT2D eigenvalue weighted by molar-refractivity contribution is 5.85. The highest BCUT2D eigenvalue weighted by Gasteiger charge is 2.45. The first kappa shape index (κ1) is 17.2. The quantitative estimate of drug-likeness (QED) is 0.880. The second-order valence-corrected chi connectivity index (χ2v) is 6.20. The van der Waals surface area contributed by atoms with Crippen LogP contribution in [0.4, 0.5) is 0 Å². The van der Waals surface area contributed by atoms with Gasteiger partial charge in [0.05, 0.1) is 12.2 Å². The van der Waals surface area contributed by atoms with E-state index in [1.807, 2.05) is 35.7 Å². The summed E-state index contributed by atoms with van der Waals surface area (Å²) in [5.74, 6) is 0.190. The number of morpholine rings is 1. The van der Waals surface area contributed by atoms with Crippen molar-refractivity contribution in [2.45, 2.75) is 44.4 Å². The lowest BCUT2D eigenvalue weighted by molar-refractivity contribution is -0.154. The van der Waals surface area contributed by atoms with E-state index in [1.54, 1.807) is 6.20 Å². The molecular formula is C15H25ClN4O2. The maximum absolute atomic E-state index is 13.2. The summed E-state index contributed by atoms with van der Waals surface area (Å²) in [4.78, 5) is 15.2. The molecule has 3 rings (SSSR count). The molecule has 1 amide bonds. The van der Waals surface area contributed by atoms with Crippen molar-refractivity contribution in [1.29, 1.82) is 0 Å². The molecule has 0 aliphatic carbocycles. The van der Waals surface area contributed by atoms with Crippen molar-refractivity contribution in [1.82, 2.24) is 20.0 Å². The van der Waals surface area contributed by atoms with Crippen LogP contribution in [0.3, 0.4) is 0 Å². The standard InChI is InChI=1S/C15H24N4O2.ClH/c1-12-10-18(11-13(2)21-12)14(20)15(4-7-16-8-5-15)19-9-3-6-17-19;/h3,6,9,12-13,16H,4-5,7-8,10-11H2,1-2H3;1H. The van der Waals surface area contributed by atoms with E-state index in [0.717, 1.165) is 25.9 Å². The molecule has 0 bridgehead atoms. The van der Waals surface area contributed by atoms with Crippen molar-refractivity contribution in [3.8, 4) is 0 Å². The van der Waals surface area contributed by atoms with Crippen LogP contribution in [0.1, 0.15) is 26.7 Å². The normalized spacial score (nSPS) is 28.0. The van der Waals surface area contributed by atoms with Crippen LogP contribution in [0.15, 0.2) is 18.5 Å². The summed E-state index contributed by atoms with van der Waals surface area (Å²) in [5.41, 5.74) is -0.536. The molecule has 1 N–H and O–H groups in total. The molecule has 0 spiro atoms. The number of rotatable bonds is 2. The smallest absolute Gasteiger partial charge is 0.250 e. The fourth-order valence-electron chi connectivity index (χ4n) is 3.54. The van der Waals surface area contributed by atoms with Gasteiger partial charge >= 0.3 is 0 Å². The van der Waals surface area contributed by atoms with E-state index in [1.165, 1.54) is 0 Å². The van der Waals surface area contributed by atoms with Gasteiger partial charge in [-0.3, -0.25) is 9.48 Å². The van der Waals surface area contributed by atoms with E-state index >= 15 is 0 Å². The first-order valence-corrected chi connectivity index (χ1v) is 7.77. The monoisotopic (exact) mass is 328 g/mol. The molecule has 0 aromatic carbocycles. The number of aromatic nitrogens is 2. The number of hydrogen-bond acceptors (Lipinski definition) is 4. The highest BCUT2D eigenvalue weighted by Crippen LogP contribution is 2.30. The Morgan fingerprint density at radius 1 is 1.27 bits per heavy atom. The maximum Gasteiger partial charge on any atom is 0.250 e. The van der Waals surface area contributed by atoms with E-state index in [-0.39, 0.29) is 30.5 Å². The number of carbonyl (C=O) groups is 1. The van der Waals surface area contributed by atoms with Gasteiger partial charge in [0.2, 0.25) is 0 Å². The summed E-state index contributed by atoms with van der Waals surface area (Å²) in [7, 11) is 0. The van der Waals surface area contributed by atoms with Crippen LogP contribution in [-0.4, -0.2) is 59.0 Å². The zero-order chi connectivity index (χ0) is 14.9. The number of carbonyl (C=O) groups excluding carboxylic acids is 1. The van der Waals surface area contributed by atoms with Gasteiger partial charge in [-0.25, -0.2) is 0 Å². The Kier molecular flexibility index (Phi) is 5.47. The van der Waals surface area contributed by atoms with E-state index in [4.69, 9.17) is 4.74 Å². The summed E-state index contributed by atoms with van der Waals surface area (Å²) < 4.78 is 7.61. The summed E-state index contributed by atoms with van der Waals surface area (Å²) >= 11 is 0. The third kappa shape index (κ3) is 3.14. The lowest BCUT2D eigenvalue weighted by Crippen LogP contribution is -2.59. The molecule has 6 nitrogen and oxygen atoms in total. The molecule has 0 saturated carbocycles. The Balaban J connectivity index is 0.00000176. The summed E-state index contributed by atoms with van der Waals surface area (Å²) in [6, 6.07) is 1.89. The lowest BCUT2D eigenvalue weighted by atomic mass is 9.86. The molecular weight excluding hydrogens is 304 g/mol. The molecule has 2 unspecified atom stereocenters. The molecule has 2 saturated heterocycles. The second-order valence-electron chi connectivity index (χ2n) is 6.20. The predicted molar refractivity (Wildman–Crippen MR) is 86.1 cm³/mol. The van der Waals surface area contributed by atoms with Crippen LogP contribution in [0.2, 0.25) is 0 Å². The van der Waals surface area contributed by atoms with Gasteiger partial charge in [0.15, 0.2) is 0 Å². The number of hydrogen-bond donors (Lipinski definition) is 1. The van der Waals surface area contributed by atoms with Crippen LogP contribution in [0.5, 0.6) is 0 Å². The zero-order valence-electron chi connectivity index (χ0n) is 13.2. The van der Waals surface area contributed by atoms with Crippen LogP contribution in [-0.2, 0) is 15.1 Å². The Morgan fingerprint density at radius 3 is 2.45 bits per heavy atom. The number of nitrogens with zero attached hydrogens (tertiary/aromatic N) is 3. The van der Waals surface area contributed by atoms with E-state index < -0.39 is 5.54 Å². The average molecular weight is 329 g/mol. The molecule has 0 radical (unpaired) electrons. The van der Waals surface area contributed by atoms with Gasteiger partial charge in [-0.15, -0.1) is 12.4 Å². The van der Waals surface area contributed by atoms with Crippen molar-refractivity contribution in [3.63, 3.8) is 0 Å². The third-order valence-corrected chi connectivity index (χ3v) is 4.48. The van der Waals surface area contributed by atoms with Crippen molar-refractivity contribution in [3.05, 3.63) is 18.5 Å². The molecule has 124 valence electrons. The first-order chi connectivity index (χ1) is 10.1. The topological polar surface area (TPSA) is 59.4 Å². The number of nitrogens with one attached hydrogen (secondary N) is 1. The molecule has 22 heavy (non-hydrogen) atoms. The molecule has 1 aromatic heterocycles. The highest BCUT2D eigenvalue weighted by atomic mass is 35.5. The minimum atomic E-state index is -0.536. The largest absolute Gasteiger partial charge is 0.372 e. The Bertz CT molecular complexity index is 478. The van der Waals surface area contributed by atoms with Crippen LogP contribution < -0.4 is 5.32 Å². The summed E-state index contributed by atoms with van der Waals surface area (Å²) in [6.45, 7) is 7.08. The Morgan fingerprint density at radius 2 is 1.91 bits per heavy atom. The van der Waals surface area contributed by atoms with Gasteiger partial charge in [0.1, 0.15) is 5.54 Å². The van der Waals surface area contributed by atoms with E-state index in [2.05, 4.69) is 10.4 Å². The number of amides is 1. The minimum Gasteiger partial charge on any atom is -0.372 e. The maximum atomic E-state index is 13.2. The average Bonchev–Trinajstić information content (AvgIpc) is 3.01. The minimum absolute atomic E-state index is 0. The van der Waals surface area contributed by atoms with Crippen molar-refractivity contribution in [2.24, 2.45) is 0 Å². The second kappa shape index (κ2) is 6.98. The van der Waals surface area contributed by atoms with Gasteiger partial charge in [-0.2, -0.15) is 5.10 Å². The Labute approximate surface area is 137 Å². The van der Waals surface area contributed by atoms with E-state index in [9.17, 15) is 4.79 Å². The van der Waals surface area contributed by atoms with Gasteiger partial charge in [0.25, 0.3) is 5.91 Å². The third-order valence-electron chi connectivity index (χ3n) is 4.48. The number of ether oxygens (including phenoxy) is 1. The number of halogens is 1.